The first-order valence-corrected chi connectivity index (χ1v) is 7.79. The number of benzene rings is 2. The molecule has 0 aliphatic rings. The number of para-hydroxylation sites is 2. The number of ether oxygens (including phenoxy) is 2. The van der Waals surface area contributed by atoms with Gasteiger partial charge in [-0.15, -0.1) is 0 Å². The van der Waals surface area contributed by atoms with E-state index in [1.165, 1.54) is 0 Å². The van der Waals surface area contributed by atoms with Crippen molar-refractivity contribution in [1.29, 1.82) is 0 Å². The van der Waals surface area contributed by atoms with Crippen LogP contribution < -0.4 is 4.74 Å². The number of aromatic nitrogens is 2. The Morgan fingerprint density at radius 1 is 1.17 bits per heavy atom. The maximum atomic E-state index is 6.05. The van der Waals surface area contributed by atoms with Gasteiger partial charge < -0.3 is 13.9 Å². The molecule has 0 unspecified atom stereocenters. The van der Waals surface area contributed by atoms with E-state index >= 15 is 0 Å². The largest absolute Gasteiger partial charge is 0.467 e. The van der Waals surface area contributed by atoms with Crippen LogP contribution in [0.25, 0.3) is 27.9 Å². The fourth-order valence-electron chi connectivity index (χ4n) is 2.59. The Labute approximate surface area is 143 Å². The van der Waals surface area contributed by atoms with Crippen LogP contribution in [0.1, 0.15) is 0 Å². The zero-order valence-electron chi connectivity index (χ0n) is 12.9. The topological polar surface area (TPSA) is 49.4 Å². The summed E-state index contributed by atoms with van der Waals surface area (Å²) in [5.41, 5.74) is 2.52. The summed E-state index contributed by atoms with van der Waals surface area (Å²) in [7, 11) is 1.58. The molecule has 2 aromatic heterocycles. The molecule has 120 valence electrons. The van der Waals surface area contributed by atoms with Gasteiger partial charge in [0.05, 0.1) is 15.5 Å². The van der Waals surface area contributed by atoms with E-state index in [1.54, 1.807) is 13.4 Å². The summed E-state index contributed by atoms with van der Waals surface area (Å²) in [5, 5.41) is 0.864. The second-order valence-corrected chi connectivity index (χ2v) is 5.70. The van der Waals surface area contributed by atoms with Crippen molar-refractivity contribution in [3.05, 3.63) is 59.4 Å². The van der Waals surface area contributed by atoms with Gasteiger partial charge in [0.25, 0.3) is 0 Å². The van der Waals surface area contributed by atoms with Crippen LogP contribution in [0.4, 0.5) is 0 Å². The zero-order chi connectivity index (χ0) is 16.5. The molecule has 2 aromatic carbocycles. The molecule has 0 spiro atoms. The highest BCUT2D eigenvalue weighted by Gasteiger charge is 2.09. The molecule has 0 amide bonds. The van der Waals surface area contributed by atoms with E-state index in [9.17, 15) is 0 Å². The molecule has 0 aliphatic heterocycles. The third-order valence-electron chi connectivity index (χ3n) is 3.72. The normalized spacial score (nSPS) is 11.2. The Hall–Kier alpha value is -2.70. The zero-order valence-corrected chi connectivity index (χ0v) is 13.7. The highest BCUT2D eigenvalue weighted by Crippen LogP contribution is 2.26. The van der Waals surface area contributed by atoms with E-state index in [4.69, 9.17) is 26.1 Å². The number of fused-ring (bicyclic) bond motifs is 2. The van der Waals surface area contributed by atoms with Gasteiger partial charge in [-0.2, -0.15) is 0 Å². The van der Waals surface area contributed by atoms with Crippen molar-refractivity contribution < 1.29 is 13.9 Å². The van der Waals surface area contributed by atoms with Crippen LogP contribution in [0.2, 0.25) is 0 Å². The lowest BCUT2D eigenvalue weighted by Gasteiger charge is -2.08. The number of rotatable bonds is 4. The van der Waals surface area contributed by atoms with Gasteiger partial charge in [-0.05, 0) is 24.3 Å². The van der Waals surface area contributed by atoms with Gasteiger partial charge in [0.15, 0.2) is 6.79 Å². The third kappa shape index (κ3) is 2.55. The van der Waals surface area contributed by atoms with Gasteiger partial charge >= 0.3 is 0 Å². The van der Waals surface area contributed by atoms with E-state index in [0.717, 1.165) is 16.4 Å². The molecule has 2 heterocycles. The molecule has 5 nitrogen and oxygen atoms in total. The predicted octanol–water partition coefficient (Wildman–Crippen LogP) is 4.48. The number of hydrogen-bond acceptors (Lipinski definition) is 5. The molecule has 0 saturated carbocycles. The Morgan fingerprint density at radius 2 is 2.04 bits per heavy atom. The number of hydrogen-bond donors (Lipinski definition) is 0. The van der Waals surface area contributed by atoms with Crippen LogP contribution in [-0.2, 0) is 4.74 Å². The minimum atomic E-state index is 0.179. The first-order chi connectivity index (χ1) is 11.8. The van der Waals surface area contributed by atoms with Crippen LogP contribution in [0.3, 0.4) is 0 Å². The first kappa shape index (κ1) is 14.9. The average Bonchev–Trinajstić information content (AvgIpc) is 3.03. The maximum absolute atomic E-state index is 6.05. The summed E-state index contributed by atoms with van der Waals surface area (Å²) < 4.78 is 19.0. The Balaban J connectivity index is 1.88. The number of imidazole rings is 1. The van der Waals surface area contributed by atoms with Crippen LogP contribution in [0.15, 0.2) is 59.3 Å². The fourth-order valence-corrected chi connectivity index (χ4v) is 2.86. The molecule has 0 radical (unpaired) electrons. The van der Waals surface area contributed by atoms with Crippen molar-refractivity contribution in [2.45, 2.75) is 0 Å². The molecule has 0 bridgehead atoms. The molecule has 0 fully saturated rings. The average molecular weight is 338 g/mol. The highest BCUT2D eigenvalue weighted by molar-refractivity contribution is 7.71. The molecule has 0 N–H and O–H groups in total. The monoisotopic (exact) mass is 338 g/mol. The molecule has 0 saturated heterocycles. The van der Waals surface area contributed by atoms with Crippen molar-refractivity contribution in [3.8, 4) is 11.6 Å². The molecular formula is C18H14N2O3S. The Bertz CT molecular complexity index is 1080. The van der Waals surface area contributed by atoms with E-state index in [-0.39, 0.29) is 6.79 Å². The standard InChI is InChI=1S/C18H14N2O3S/c1-21-11-22-12-6-7-13-16(8-12)23-18(9-17(13)24)20-10-19-14-4-2-3-5-15(14)20/h2-10H,11H2,1H3. The molecule has 6 heteroatoms. The SMILES string of the molecule is COCOc1ccc2c(=S)cc(-n3cnc4ccccc43)oc2c1. The quantitative estimate of drug-likeness (QED) is 0.405. The van der Waals surface area contributed by atoms with Crippen LogP contribution in [-0.4, -0.2) is 23.5 Å². The Morgan fingerprint density at radius 3 is 2.92 bits per heavy atom. The van der Waals surface area contributed by atoms with Crippen LogP contribution in [0.5, 0.6) is 5.75 Å². The number of nitrogens with zero attached hydrogens (tertiary/aromatic N) is 2. The van der Waals surface area contributed by atoms with Gasteiger partial charge in [-0.1, -0.05) is 24.4 Å². The summed E-state index contributed by atoms with van der Waals surface area (Å²) in [6.07, 6.45) is 1.73. The van der Waals surface area contributed by atoms with Crippen molar-refractivity contribution in [3.63, 3.8) is 0 Å². The number of methoxy groups -OCH3 is 1. The summed E-state index contributed by atoms with van der Waals surface area (Å²) in [4.78, 5) is 4.39. The molecule has 4 aromatic rings. The summed E-state index contributed by atoms with van der Waals surface area (Å²) in [5.74, 6) is 1.28. The maximum Gasteiger partial charge on any atom is 0.207 e. The van der Waals surface area contributed by atoms with Gasteiger partial charge in [-0.3, -0.25) is 4.57 Å². The third-order valence-corrected chi connectivity index (χ3v) is 4.06. The lowest BCUT2D eigenvalue weighted by molar-refractivity contribution is 0.0512. The van der Waals surface area contributed by atoms with Crippen molar-refractivity contribution in [2.75, 3.05) is 13.9 Å². The summed E-state index contributed by atoms with van der Waals surface area (Å²) in [6, 6.07) is 15.2. The molecule has 0 atom stereocenters. The van der Waals surface area contributed by atoms with E-state index in [2.05, 4.69) is 4.98 Å². The second kappa shape index (κ2) is 6.07. The van der Waals surface area contributed by atoms with E-state index in [1.807, 2.05) is 53.1 Å². The first-order valence-electron chi connectivity index (χ1n) is 7.38. The van der Waals surface area contributed by atoms with Crippen LogP contribution >= 0.6 is 12.2 Å². The van der Waals surface area contributed by atoms with Gasteiger partial charge in [0, 0.05) is 24.6 Å². The Kier molecular flexibility index (Phi) is 3.76. The summed E-state index contributed by atoms with van der Waals surface area (Å²) >= 11 is 5.51. The second-order valence-electron chi connectivity index (χ2n) is 5.26. The van der Waals surface area contributed by atoms with E-state index < -0.39 is 0 Å². The molecule has 4 rings (SSSR count). The van der Waals surface area contributed by atoms with Gasteiger partial charge in [0.1, 0.15) is 17.7 Å². The van der Waals surface area contributed by atoms with Gasteiger partial charge in [-0.25, -0.2) is 4.98 Å². The lowest BCUT2D eigenvalue weighted by atomic mass is 10.2. The highest BCUT2D eigenvalue weighted by atomic mass is 32.1. The molecular weight excluding hydrogens is 324 g/mol. The summed E-state index contributed by atoms with van der Waals surface area (Å²) in [6.45, 7) is 0.179. The van der Waals surface area contributed by atoms with Crippen molar-refractivity contribution in [2.24, 2.45) is 0 Å². The molecule has 24 heavy (non-hydrogen) atoms. The smallest absolute Gasteiger partial charge is 0.207 e. The van der Waals surface area contributed by atoms with E-state index in [0.29, 0.717) is 21.7 Å². The fraction of sp³-hybridized carbons (Fsp3) is 0.111. The lowest BCUT2D eigenvalue weighted by Crippen LogP contribution is -1.98. The van der Waals surface area contributed by atoms with Crippen LogP contribution in [0, 0.1) is 4.51 Å². The predicted molar refractivity (Wildman–Crippen MR) is 94.2 cm³/mol. The van der Waals surface area contributed by atoms with Gasteiger partial charge in [0.2, 0.25) is 5.88 Å². The minimum absolute atomic E-state index is 0.179. The minimum Gasteiger partial charge on any atom is -0.467 e. The van der Waals surface area contributed by atoms with Crippen molar-refractivity contribution >= 4 is 34.2 Å². The molecule has 0 aliphatic carbocycles. The van der Waals surface area contributed by atoms with Crippen molar-refractivity contribution in [1.82, 2.24) is 9.55 Å².